The lowest BCUT2D eigenvalue weighted by Crippen LogP contribution is -2.38. The second kappa shape index (κ2) is 12.5. The summed E-state index contributed by atoms with van der Waals surface area (Å²) in [5, 5.41) is 6.39. The van der Waals surface area contributed by atoms with Crippen LogP contribution in [0.5, 0.6) is 0 Å². The highest BCUT2D eigenvalue weighted by Gasteiger charge is 2.08. The van der Waals surface area contributed by atoms with Crippen LogP contribution in [0.15, 0.2) is 70.3 Å². The molecule has 0 fully saturated rings. The van der Waals surface area contributed by atoms with Gasteiger partial charge in [0.15, 0.2) is 5.96 Å². The smallest absolute Gasteiger partial charge is 0.226 e. The highest BCUT2D eigenvalue weighted by molar-refractivity contribution is 14.0. The molecule has 8 heteroatoms. The van der Waals surface area contributed by atoms with Crippen molar-refractivity contribution in [2.75, 3.05) is 19.3 Å². The summed E-state index contributed by atoms with van der Waals surface area (Å²) >= 11 is 0. The maximum Gasteiger partial charge on any atom is 0.226 e. The number of halogens is 1. The van der Waals surface area contributed by atoms with Crippen LogP contribution in [0.25, 0.3) is 11.5 Å². The number of benzene rings is 2. The second-order valence-electron chi connectivity index (χ2n) is 6.64. The summed E-state index contributed by atoms with van der Waals surface area (Å²) in [5.41, 5.74) is 4.02. The van der Waals surface area contributed by atoms with Gasteiger partial charge in [0.25, 0.3) is 0 Å². The minimum absolute atomic E-state index is 0. The maximum absolute atomic E-state index is 12.2. The predicted molar refractivity (Wildman–Crippen MR) is 133 cm³/mol. The Morgan fingerprint density at radius 2 is 1.83 bits per heavy atom. The van der Waals surface area contributed by atoms with Crippen molar-refractivity contribution in [3.05, 3.63) is 77.7 Å². The Balaban J connectivity index is 0.00000320. The summed E-state index contributed by atoms with van der Waals surface area (Å²) in [4.78, 5) is 8.71. The van der Waals surface area contributed by atoms with Gasteiger partial charge in [-0.05, 0) is 24.6 Å². The third-order valence-electron chi connectivity index (χ3n) is 4.30. The predicted octanol–water partition coefficient (Wildman–Crippen LogP) is 3.88. The van der Waals surface area contributed by atoms with Gasteiger partial charge in [-0.15, -0.1) is 24.0 Å². The monoisotopic (exact) mass is 538 g/mol. The third kappa shape index (κ3) is 7.56. The van der Waals surface area contributed by atoms with E-state index < -0.39 is 10.8 Å². The van der Waals surface area contributed by atoms with E-state index in [0.29, 0.717) is 36.4 Å². The van der Waals surface area contributed by atoms with Gasteiger partial charge in [0.2, 0.25) is 5.89 Å². The van der Waals surface area contributed by atoms with Gasteiger partial charge in [0, 0.05) is 41.5 Å². The summed E-state index contributed by atoms with van der Waals surface area (Å²) in [6.07, 6.45) is 1.64. The second-order valence-corrected chi connectivity index (χ2v) is 8.21. The molecular formula is C22H27IN4O2S. The molecule has 1 atom stereocenters. The van der Waals surface area contributed by atoms with Crippen LogP contribution in [0, 0.1) is 6.92 Å². The number of nitrogens with zero attached hydrogens (tertiary/aromatic N) is 2. The molecule has 2 N–H and O–H groups in total. The van der Waals surface area contributed by atoms with Crippen LogP contribution in [0.4, 0.5) is 0 Å². The molecule has 0 aliphatic carbocycles. The van der Waals surface area contributed by atoms with Gasteiger partial charge in [-0.3, -0.25) is 9.20 Å². The van der Waals surface area contributed by atoms with Crippen molar-refractivity contribution in [3.63, 3.8) is 0 Å². The van der Waals surface area contributed by atoms with Crippen LogP contribution in [0.1, 0.15) is 16.8 Å². The number of guanidine groups is 1. The van der Waals surface area contributed by atoms with Crippen LogP contribution < -0.4 is 10.6 Å². The van der Waals surface area contributed by atoms with E-state index in [2.05, 4.69) is 20.6 Å². The number of aryl methyl sites for hydroxylation is 1. The molecule has 3 aromatic rings. The van der Waals surface area contributed by atoms with Crippen molar-refractivity contribution in [2.24, 2.45) is 4.99 Å². The standard InChI is InChI=1S/C22H26N4O2S.HI/c1-17-8-10-19(11-9-17)21-26-20(15-28-21)14-25-22(23-2)24-12-13-29(27)16-18-6-4-3-5-7-18;/h3-11,15H,12-14,16H2,1-2H3,(H2,23,24,25);1H. The van der Waals surface area contributed by atoms with E-state index in [-0.39, 0.29) is 24.0 Å². The number of hydrogen-bond acceptors (Lipinski definition) is 4. The summed E-state index contributed by atoms with van der Waals surface area (Å²) in [5.74, 6) is 2.36. The van der Waals surface area contributed by atoms with Crippen molar-refractivity contribution in [3.8, 4) is 11.5 Å². The van der Waals surface area contributed by atoms with Gasteiger partial charge in [-0.1, -0.05) is 48.0 Å². The average Bonchev–Trinajstić information content (AvgIpc) is 3.21. The van der Waals surface area contributed by atoms with E-state index in [1.807, 2.05) is 61.5 Å². The molecule has 160 valence electrons. The van der Waals surface area contributed by atoms with Crippen molar-refractivity contribution < 1.29 is 8.63 Å². The molecule has 6 nitrogen and oxygen atoms in total. The first kappa shape index (κ1) is 24.1. The number of aliphatic imine (C=N–C) groups is 1. The number of oxazole rings is 1. The lowest BCUT2D eigenvalue weighted by Gasteiger charge is -2.10. The SMILES string of the molecule is CN=C(NCCS(=O)Cc1ccccc1)NCc1coc(-c2ccc(C)cc2)n1.I. The Hall–Kier alpha value is -2.20. The summed E-state index contributed by atoms with van der Waals surface area (Å²) < 4.78 is 17.8. The molecule has 0 aliphatic heterocycles. The van der Waals surface area contributed by atoms with E-state index in [1.54, 1.807) is 13.3 Å². The molecule has 0 spiro atoms. The highest BCUT2D eigenvalue weighted by Crippen LogP contribution is 2.18. The number of nitrogens with one attached hydrogen (secondary N) is 2. The molecule has 30 heavy (non-hydrogen) atoms. The normalized spacial score (nSPS) is 12.1. The Kier molecular flexibility index (Phi) is 10.0. The van der Waals surface area contributed by atoms with Crippen LogP contribution in [-0.2, 0) is 23.1 Å². The molecule has 1 unspecified atom stereocenters. The van der Waals surface area contributed by atoms with E-state index in [9.17, 15) is 4.21 Å². The molecule has 0 aliphatic rings. The van der Waals surface area contributed by atoms with Crippen LogP contribution in [0.3, 0.4) is 0 Å². The fraction of sp³-hybridized carbons (Fsp3) is 0.273. The first-order valence-electron chi connectivity index (χ1n) is 9.49. The Labute approximate surface area is 197 Å². The lowest BCUT2D eigenvalue weighted by atomic mass is 10.1. The summed E-state index contributed by atoms with van der Waals surface area (Å²) in [7, 11) is 0.784. The molecular weight excluding hydrogens is 511 g/mol. The van der Waals surface area contributed by atoms with Crippen LogP contribution >= 0.6 is 24.0 Å². The highest BCUT2D eigenvalue weighted by atomic mass is 127. The van der Waals surface area contributed by atoms with Crippen molar-refractivity contribution in [2.45, 2.75) is 19.2 Å². The minimum Gasteiger partial charge on any atom is -0.444 e. The molecule has 1 heterocycles. The molecule has 0 saturated heterocycles. The fourth-order valence-corrected chi connectivity index (χ4v) is 3.77. The quantitative estimate of drug-likeness (QED) is 0.259. The van der Waals surface area contributed by atoms with Crippen LogP contribution in [-0.4, -0.2) is 34.5 Å². The minimum atomic E-state index is -0.922. The van der Waals surface area contributed by atoms with E-state index in [1.165, 1.54) is 5.56 Å². The molecule has 2 aromatic carbocycles. The van der Waals surface area contributed by atoms with Gasteiger partial charge >= 0.3 is 0 Å². The Morgan fingerprint density at radius 1 is 1.10 bits per heavy atom. The van der Waals surface area contributed by atoms with Crippen molar-refractivity contribution in [1.82, 2.24) is 15.6 Å². The Bertz CT molecular complexity index is 959. The third-order valence-corrected chi connectivity index (χ3v) is 5.62. The zero-order valence-corrected chi connectivity index (χ0v) is 20.3. The van der Waals surface area contributed by atoms with E-state index in [0.717, 1.165) is 16.8 Å². The molecule has 3 rings (SSSR count). The lowest BCUT2D eigenvalue weighted by molar-refractivity contribution is 0.572. The Morgan fingerprint density at radius 3 is 2.53 bits per heavy atom. The summed E-state index contributed by atoms with van der Waals surface area (Å²) in [6.45, 7) is 3.11. The average molecular weight is 538 g/mol. The number of aromatic nitrogens is 1. The zero-order valence-electron chi connectivity index (χ0n) is 17.1. The molecule has 1 aromatic heterocycles. The molecule has 0 saturated carbocycles. The van der Waals surface area contributed by atoms with Gasteiger partial charge in [-0.2, -0.15) is 0 Å². The first-order valence-corrected chi connectivity index (χ1v) is 11.0. The topological polar surface area (TPSA) is 79.5 Å². The van der Waals surface area contributed by atoms with Gasteiger partial charge in [-0.25, -0.2) is 4.98 Å². The van der Waals surface area contributed by atoms with Gasteiger partial charge < -0.3 is 15.1 Å². The van der Waals surface area contributed by atoms with E-state index in [4.69, 9.17) is 4.42 Å². The van der Waals surface area contributed by atoms with Gasteiger partial charge in [0.05, 0.1) is 12.2 Å². The fourth-order valence-electron chi connectivity index (χ4n) is 2.73. The molecule has 0 bridgehead atoms. The van der Waals surface area contributed by atoms with Crippen molar-refractivity contribution >= 4 is 40.7 Å². The largest absolute Gasteiger partial charge is 0.444 e. The number of rotatable bonds is 8. The van der Waals surface area contributed by atoms with Crippen molar-refractivity contribution in [1.29, 1.82) is 0 Å². The van der Waals surface area contributed by atoms with E-state index >= 15 is 0 Å². The van der Waals surface area contributed by atoms with Crippen LogP contribution in [0.2, 0.25) is 0 Å². The molecule has 0 radical (unpaired) electrons. The summed E-state index contributed by atoms with van der Waals surface area (Å²) in [6, 6.07) is 17.9. The first-order chi connectivity index (χ1) is 14.1. The number of hydrogen-bond donors (Lipinski definition) is 2. The zero-order chi connectivity index (χ0) is 20.5. The molecule has 0 amide bonds. The van der Waals surface area contributed by atoms with Gasteiger partial charge in [0.1, 0.15) is 6.26 Å². The maximum atomic E-state index is 12.2.